The summed E-state index contributed by atoms with van der Waals surface area (Å²) in [6, 6.07) is 35.2. The molecule has 0 aliphatic carbocycles. The van der Waals surface area contributed by atoms with E-state index in [4.69, 9.17) is 38.3 Å². The Morgan fingerprint density at radius 3 is 1.56 bits per heavy atom. The Kier molecular flexibility index (Phi) is 12.0. The van der Waals surface area contributed by atoms with Crippen LogP contribution in [0.4, 0.5) is 11.9 Å². The van der Waals surface area contributed by atoms with Gasteiger partial charge < -0.3 is 30.4 Å². The molecule has 4 aromatic heterocycles. The Morgan fingerprint density at radius 2 is 1.07 bits per heavy atom. The smallest absolute Gasteiger partial charge is 0.233 e. The van der Waals surface area contributed by atoms with E-state index in [0.29, 0.717) is 34.5 Å². The van der Waals surface area contributed by atoms with Gasteiger partial charge in [-0.25, -0.2) is 4.98 Å². The molecule has 284 valence electrons. The Bertz CT molecular complexity index is 2740. The first-order valence-electron chi connectivity index (χ1n) is 17.8. The van der Waals surface area contributed by atoms with Crippen LogP contribution in [0.3, 0.4) is 0 Å². The molecule has 0 bridgehead atoms. The molecule has 0 aliphatic rings. The lowest BCUT2D eigenvalue weighted by atomic mass is 10.1. The van der Waals surface area contributed by atoms with Crippen molar-refractivity contribution in [3.8, 4) is 29.5 Å². The first-order valence-corrected chi connectivity index (χ1v) is 18.2. The highest BCUT2D eigenvalue weighted by molar-refractivity contribution is 6.34. The number of phenolic OH excluding ortho intramolecular Hbond substituents is 1. The zero-order chi connectivity index (χ0) is 40.6. The average molecular weight is 775 g/mol. The van der Waals surface area contributed by atoms with Gasteiger partial charge in [0.15, 0.2) is 0 Å². The number of benzene rings is 4. The van der Waals surface area contributed by atoms with Crippen LogP contribution in [0.2, 0.25) is 5.15 Å². The van der Waals surface area contributed by atoms with Gasteiger partial charge in [0, 0.05) is 25.5 Å². The number of ether oxygens (including phenoxy) is 1. The molecule has 0 radical (unpaired) electrons. The molecule has 0 aliphatic heterocycles. The number of halogens is 1. The minimum absolute atomic E-state index is 0.152. The molecule has 0 spiro atoms. The second-order valence-electron chi connectivity index (χ2n) is 13.3. The van der Waals surface area contributed by atoms with Gasteiger partial charge in [0.2, 0.25) is 17.8 Å². The van der Waals surface area contributed by atoms with E-state index < -0.39 is 0 Å². The fourth-order valence-electron chi connectivity index (χ4n) is 6.28. The maximum Gasteiger partial charge on any atom is 0.233 e. The van der Waals surface area contributed by atoms with E-state index in [1.54, 1.807) is 38.1 Å². The molecule has 0 atom stereocenters. The summed E-state index contributed by atoms with van der Waals surface area (Å²) in [5.74, 6) is 1.71. The van der Waals surface area contributed by atoms with E-state index in [2.05, 4.69) is 50.3 Å². The molecule has 0 amide bonds. The molecule has 5 N–H and O–H groups in total. The molecule has 8 aromatic rings. The van der Waals surface area contributed by atoms with Crippen LogP contribution in [-0.2, 0) is 13.1 Å². The number of anilines is 2. The molecule has 13 heteroatoms. The SMILES string of the molecule is Cc1cc(C#N)cc(C)c1O.Cc1cc(C#N)cc(C)c1Oc1nc(N)nc2c1ccn2Cc1ccccc1.Nc1nc(Cl)c2ccn(Cc3ccccc3)c2n1. The highest BCUT2D eigenvalue weighted by atomic mass is 35.5. The van der Waals surface area contributed by atoms with Crippen LogP contribution in [0.1, 0.15) is 44.5 Å². The van der Waals surface area contributed by atoms with Crippen molar-refractivity contribution in [1.29, 1.82) is 10.5 Å². The van der Waals surface area contributed by atoms with Crippen LogP contribution in [-0.4, -0.2) is 34.2 Å². The molecule has 0 saturated heterocycles. The van der Waals surface area contributed by atoms with Crippen LogP contribution in [0.25, 0.3) is 22.1 Å². The van der Waals surface area contributed by atoms with Gasteiger partial charge >= 0.3 is 0 Å². The molecule has 8 rings (SSSR count). The third-order valence-corrected chi connectivity index (χ3v) is 9.28. The second kappa shape index (κ2) is 17.4. The molecular formula is C44H39ClN10O2. The predicted molar refractivity (Wildman–Crippen MR) is 223 cm³/mol. The lowest BCUT2D eigenvalue weighted by Crippen LogP contribution is -2.04. The van der Waals surface area contributed by atoms with E-state index in [0.717, 1.165) is 50.9 Å². The van der Waals surface area contributed by atoms with E-state index in [-0.39, 0.29) is 17.6 Å². The van der Waals surface area contributed by atoms with Crippen molar-refractivity contribution in [1.82, 2.24) is 29.1 Å². The first kappa shape index (κ1) is 39.3. The summed E-state index contributed by atoms with van der Waals surface area (Å²) in [7, 11) is 0. The van der Waals surface area contributed by atoms with Gasteiger partial charge in [-0.05, 0) is 97.5 Å². The molecule has 0 saturated carbocycles. The summed E-state index contributed by atoms with van der Waals surface area (Å²) < 4.78 is 10.2. The van der Waals surface area contributed by atoms with Gasteiger partial charge in [-0.2, -0.15) is 25.5 Å². The number of aryl methyl sites for hydroxylation is 4. The summed E-state index contributed by atoms with van der Waals surface area (Å²) in [6.07, 6.45) is 3.90. The molecular weight excluding hydrogens is 736 g/mol. The predicted octanol–water partition coefficient (Wildman–Crippen LogP) is 8.94. The summed E-state index contributed by atoms with van der Waals surface area (Å²) in [4.78, 5) is 16.9. The number of hydrogen-bond donors (Lipinski definition) is 3. The quantitative estimate of drug-likeness (QED) is 0.137. The zero-order valence-corrected chi connectivity index (χ0v) is 32.5. The Balaban J connectivity index is 0.000000161. The molecule has 4 aromatic carbocycles. The highest BCUT2D eigenvalue weighted by Crippen LogP contribution is 2.33. The summed E-state index contributed by atoms with van der Waals surface area (Å²) in [6.45, 7) is 8.79. The van der Waals surface area contributed by atoms with Crippen LogP contribution < -0.4 is 16.2 Å². The Hall–Kier alpha value is -7.41. The van der Waals surface area contributed by atoms with Crippen LogP contribution >= 0.6 is 11.6 Å². The van der Waals surface area contributed by atoms with Crippen molar-refractivity contribution >= 4 is 45.6 Å². The van der Waals surface area contributed by atoms with E-state index in [9.17, 15) is 5.11 Å². The fourth-order valence-corrected chi connectivity index (χ4v) is 6.52. The van der Waals surface area contributed by atoms with E-state index in [1.165, 1.54) is 11.1 Å². The van der Waals surface area contributed by atoms with Gasteiger partial charge in [-0.15, -0.1) is 0 Å². The van der Waals surface area contributed by atoms with E-state index >= 15 is 0 Å². The summed E-state index contributed by atoms with van der Waals surface area (Å²) >= 11 is 6.03. The minimum Gasteiger partial charge on any atom is -0.507 e. The van der Waals surface area contributed by atoms with Gasteiger partial charge in [-0.1, -0.05) is 72.3 Å². The van der Waals surface area contributed by atoms with Crippen molar-refractivity contribution in [2.24, 2.45) is 0 Å². The van der Waals surface area contributed by atoms with Crippen LogP contribution in [0.5, 0.6) is 17.4 Å². The topological polar surface area (TPSA) is 190 Å². The number of nitrogen functional groups attached to an aromatic ring is 2. The third-order valence-electron chi connectivity index (χ3n) is 8.99. The zero-order valence-electron chi connectivity index (χ0n) is 31.8. The van der Waals surface area contributed by atoms with Gasteiger partial charge in [0.05, 0.1) is 34.0 Å². The van der Waals surface area contributed by atoms with Gasteiger partial charge in [0.25, 0.3) is 0 Å². The second-order valence-corrected chi connectivity index (χ2v) is 13.7. The Morgan fingerprint density at radius 1 is 0.632 bits per heavy atom. The van der Waals surface area contributed by atoms with Crippen molar-refractivity contribution in [2.45, 2.75) is 40.8 Å². The number of nitrogens with two attached hydrogens (primary N) is 2. The normalized spacial score (nSPS) is 10.5. The monoisotopic (exact) mass is 774 g/mol. The highest BCUT2D eigenvalue weighted by Gasteiger charge is 2.16. The Labute approximate surface area is 334 Å². The number of phenols is 1. The van der Waals surface area contributed by atoms with Gasteiger partial charge in [-0.3, -0.25) is 0 Å². The maximum atomic E-state index is 9.32. The number of aromatic nitrogens is 6. The molecule has 57 heavy (non-hydrogen) atoms. The number of rotatable bonds is 6. The minimum atomic E-state index is 0.152. The van der Waals surface area contributed by atoms with Crippen molar-refractivity contribution in [2.75, 3.05) is 11.5 Å². The number of fused-ring (bicyclic) bond motifs is 2. The van der Waals surface area contributed by atoms with Crippen molar-refractivity contribution in [3.05, 3.63) is 159 Å². The largest absolute Gasteiger partial charge is 0.507 e. The number of aromatic hydroxyl groups is 1. The average Bonchev–Trinajstić information content (AvgIpc) is 3.79. The first-order chi connectivity index (χ1) is 27.4. The maximum absolute atomic E-state index is 9.32. The lowest BCUT2D eigenvalue weighted by molar-refractivity contribution is 0.462. The van der Waals surface area contributed by atoms with Crippen molar-refractivity contribution in [3.63, 3.8) is 0 Å². The fraction of sp³-hybridized carbons (Fsp3) is 0.136. The summed E-state index contributed by atoms with van der Waals surface area (Å²) in [5.41, 5.74) is 19.9. The number of hydrogen-bond acceptors (Lipinski definition) is 10. The standard InChI is InChI=1S/C22H19N5O.C13H11ClN4.C9H9NO/c1-14-10-17(12-23)11-15(2)19(14)28-21-18-8-9-27(20(18)25-22(24)26-21)13-16-6-4-3-5-7-16;14-11-10-6-7-18(12(10)17-13(15)16-11)8-9-4-2-1-3-5-9;1-6-3-8(5-10)4-7(2)9(6)11/h3-11H,13H2,1-2H3,(H2,24,25,26);1-7H,8H2,(H2,15,16,17);3-4,11H,1-2H3. The van der Waals surface area contributed by atoms with Gasteiger partial charge in [0.1, 0.15) is 27.9 Å². The molecule has 0 unspecified atom stereocenters. The number of nitrogens with zero attached hydrogens (tertiary/aromatic N) is 8. The molecule has 4 heterocycles. The lowest BCUT2D eigenvalue weighted by Gasteiger charge is -2.13. The van der Waals surface area contributed by atoms with Crippen LogP contribution in [0, 0.1) is 50.4 Å². The molecule has 0 fully saturated rings. The van der Waals surface area contributed by atoms with Crippen LogP contribution in [0.15, 0.2) is 109 Å². The number of nitriles is 2. The van der Waals surface area contributed by atoms with E-state index in [1.807, 2.05) is 90.0 Å². The van der Waals surface area contributed by atoms with Crippen molar-refractivity contribution < 1.29 is 9.84 Å². The summed E-state index contributed by atoms with van der Waals surface area (Å²) in [5, 5.41) is 29.0. The third kappa shape index (κ3) is 9.28. The molecule has 12 nitrogen and oxygen atoms in total.